The summed E-state index contributed by atoms with van der Waals surface area (Å²) < 4.78 is 14.1. The summed E-state index contributed by atoms with van der Waals surface area (Å²) in [6.45, 7) is 5.34. The zero-order valence-electron chi connectivity index (χ0n) is 9.81. The van der Waals surface area contributed by atoms with Crippen LogP contribution in [0.15, 0.2) is 0 Å². The maximum absolute atomic E-state index is 11.4. The van der Waals surface area contributed by atoms with Gasteiger partial charge in [0.1, 0.15) is 6.61 Å². The first-order valence-corrected chi connectivity index (χ1v) is 4.84. The zero-order chi connectivity index (χ0) is 12.7. The fourth-order valence-corrected chi connectivity index (χ4v) is 0.852. The monoisotopic (exact) mass is 232 g/mol. The molecule has 0 spiro atoms. The highest BCUT2D eigenvalue weighted by Gasteiger charge is 2.25. The van der Waals surface area contributed by atoms with E-state index >= 15 is 0 Å². The number of hydrogen-bond donors (Lipinski definition) is 0. The van der Waals surface area contributed by atoms with E-state index in [2.05, 4.69) is 9.47 Å². The number of esters is 3. The lowest BCUT2D eigenvalue weighted by Crippen LogP contribution is -2.34. The van der Waals surface area contributed by atoms with Crippen LogP contribution in [-0.4, -0.2) is 36.7 Å². The van der Waals surface area contributed by atoms with Gasteiger partial charge in [-0.3, -0.25) is 9.59 Å². The van der Waals surface area contributed by atoms with Gasteiger partial charge >= 0.3 is 17.9 Å². The van der Waals surface area contributed by atoms with Crippen molar-refractivity contribution in [2.75, 3.05) is 6.61 Å². The predicted molar refractivity (Wildman–Crippen MR) is 53.4 cm³/mol. The fraction of sp³-hybridized carbons (Fsp3) is 0.700. The van der Waals surface area contributed by atoms with E-state index < -0.39 is 24.0 Å². The van der Waals surface area contributed by atoms with Gasteiger partial charge in [0.05, 0.1) is 6.10 Å². The molecular weight excluding hydrogens is 216 g/mol. The summed E-state index contributed by atoms with van der Waals surface area (Å²) in [6.07, 6.45) is -1.54. The Labute approximate surface area is 93.8 Å². The average molecular weight is 232 g/mol. The van der Waals surface area contributed by atoms with E-state index in [0.717, 1.165) is 6.92 Å². The van der Waals surface area contributed by atoms with Gasteiger partial charge in [0, 0.05) is 13.8 Å². The molecule has 0 aromatic carbocycles. The Kier molecular flexibility index (Phi) is 6.14. The van der Waals surface area contributed by atoms with Crippen LogP contribution in [0.4, 0.5) is 0 Å². The molecule has 0 aliphatic rings. The van der Waals surface area contributed by atoms with E-state index in [1.165, 1.54) is 6.92 Å². The number of hydrogen-bond acceptors (Lipinski definition) is 6. The van der Waals surface area contributed by atoms with Crippen LogP contribution in [0, 0.1) is 0 Å². The van der Waals surface area contributed by atoms with Crippen molar-refractivity contribution in [3.63, 3.8) is 0 Å². The molecule has 1 atom stereocenters. The summed E-state index contributed by atoms with van der Waals surface area (Å²) in [6, 6.07) is 0. The number of rotatable bonds is 5. The molecule has 0 aromatic heterocycles. The van der Waals surface area contributed by atoms with Crippen molar-refractivity contribution in [2.24, 2.45) is 0 Å². The lowest BCUT2D eigenvalue weighted by atomic mass is 10.3. The third-order valence-corrected chi connectivity index (χ3v) is 1.36. The minimum atomic E-state index is -1.20. The molecule has 6 heteroatoms. The Hall–Kier alpha value is -1.59. The molecule has 0 N–H and O–H groups in total. The van der Waals surface area contributed by atoms with Crippen molar-refractivity contribution >= 4 is 17.9 Å². The highest BCUT2D eigenvalue weighted by atomic mass is 16.6. The van der Waals surface area contributed by atoms with E-state index in [1.54, 1.807) is 13.8 Å². The Bertz CT molecular complexity index is 270. The van der Waals surface area contributed by atoms with Crippen LogP contribution < -0.4 is 0 Å². The molecular formula is C10H16O6. The Morgan fingerprint density at radius 1 is 1.00 bits per heavy atom. The molecule has 0 bridgehead atoms. The summed E-state index contributed by atoms with van der Waals surface area (Å²) >= 11 is 0. The highest BCUT2D eigenvalue weighted by Crippen LogP contribution is 2.01. The van der Waals surface area contributed by atoms with Gasteiger partial charge in [0.25, 0.3) is 0 Å². The first-order chi connectivity index (χ1) is 7.32. The lowest BCUT2D eigenvalue weighted by molar-refractivity contribution is -0.175. The first kappa shape index (κ1) is 14.4. The van der Waals surface area contributed by atoms with Crippen molar-refractivity contribution in [1.82, 2.24) is 0 Å². The standard InChI is InChI=1S/C10H16O6/c1-6(2)15-10(13)9(16-8(4)12)5-14-7(3)11/h6,9H,5H2,1-4H3/t9-/m1/s1. The van der Waals surface area contributed by atoms with Crippen molar-refractivity contribution in [3.05, 3.63) is 0 Å². The number of carbonyl (C=O) groups is 3. The van der Waals surface area contributed by atoms with E-state index in [1.807, 2.05) is 0 Å². The van der Waals surface area contributed by atoms with Crippen LogP contribution in [0.5, 0.6) is 0 Å². The molecule has 0 aromatic rings. The molecule has 92 valence electrons. The molecule has 0 rings (SSSR count). The number of carbonyl (C=O) groups excluding carboxylic acids is 3. The van der Waals surface area contributed by atoms with Crippen LogP contribution >= 0.6 is 0 Å². The van der Waals surface area contributed by atoms with Gasteiger partial charge in [0.15, 0.2) is 0 Å². The SMILES string of the molecule is CC(=O)OC[C@@H](OC(C)=O)C(=O)OC(C)C. The van der Waals surface area contributed by atoms with Gasteiger partial charge in [-0.2, -0.15) is 0 Å². The molecule has 6 nitrogen and oxygen atoms in total. The predicted octanol–water partition coefficient (Wildman–Crippen LogP) is 0.433. The van der Waals surface area contributed by atoms with Crippen LogP contribution in [-0.2, 0) is 28.6 Å². The maximum atomic E-state index is 11.4. The second kappa shape index (κ2) is 6.81. The van der Waals surface area contributed by atoms with Crippen LogP contribution in [0.2, 0.25) is 0 Å². The molecule has 0 fully saturated rings. The molecule has 0 amide bonds. The van der Waals surface area contributed by atoms with Crippen LogP contribution in [0.1, 0.15) is 27.7 Å². The minimum absolute atomic E-state index is 0.331. The quantitative estimate of drug-likeness (QED) is 0.505. The van der Waals surface area contributed by atoms with Crippen LogP contribution in [0.3, 0.4) is 0 Å². The maximum Gasteiger partial charge on any atom is 0.351 e. The highest BCUT2D eigenvalue weighted by molar-refractivity contribution is 5.79. The molecule has 0 unspecified atom stereocenters. The van der Waals surface area contributed by atoms with Gasteiger partial charge in [-0.1, -0.05) is 0 Å². The van der Waals surface area contributed by atoms with Crippen molar-refractivity contribution in [2.45, 2.75) is 39.9 Å². The second-order valence-corrected chi connectivity index (χ2v) is 3.39. The van der Waals surface area contributed by atoms with E-state index in [9.17, 15) is 14.4 Å². The summed E-state index contributed by atoms with van der Waals surface area (Å²) in [5.41, 5.74) is 0. The second-order valence-electron chi connectivity index (χ2n) is 3.39. The zero-order valence-corrected chi connectivity index (χ0v) is 9.81. The molecule has 0 saturated carbocycles. The third-order valence-electron chi connectivity index (χ3n) is 1.36. The lowest BCUT2D eigenvalue weighted by Gasteiger charge is -2.17. The summed E-state index contributed by atoms with van der Waals surface area (Å²) in [5.74, 6) is -1.93. The first-order valence-electron chi connectivity index (χ1n) is 4.84. The molecule has 0 saturated heterocycles. The molecule has 0 aliphatic carbocycles. The minimum Gasteiger partial charge on any atom is -0.461 e. The van der Waals surface area contributed by atoms with Crippen molar-refractivity contribution in [1.29, 1.82) is 0 Å². The van der Waals surface area contributed by atoms with Crippen molar-refractivity contribution < 1.29 is 28.6 Å². The van der Waals surface area contributed by atoms with E-state index in [0.29, 0.717) is 0 Å². The Morgan fingerprint density at radius 2 is 1.56 bits per heavy atom. The molecule has 0 radical (unpaired) electrons. The average Bonchev–Trinajstić information content (AvgIpc) is 2.09. The summed E-state index contributed by atoms with van der Waals surface area (Å²) in [5, 5.41) is 0. The molecule has 0 aliphatic heterocycles. The molecule has 0 heterocycles. The largest absolute Gasteiger partial charge is 0.461 e. The van der Waals surface area contributed by atoms with Gasteiger partial charge < -0.3 is 14.2 Å². The Morgan fingerprint density at radius 3 is 1.94 bits per heavy atom. The smallest absolute Gasteiger partial charge is 0.351 e. The van der Waals surface area contributed by atoms with Gasteiger partial charge in [-0.25, -0.2) is 4.79 Å². The Balaban J connectivity index is 4.34. The summed E-state index contributed by atoms with van der Waals surface area (Å²) in [4.78, 5) is 32.7. The van der Waals surface area contributed by atoms with E-state index in [4.69, 9.17) is 4.74 Å². The topological polar surface area (TPSA) is 78.9 Å². The van der Waals surface area contributed by atoms with Gasteiger partial charge in [0.2, 0.25) is 6.10 Å². The van der Waals surface area contributed by atoms with Crippen LogP contribution in [0.25, 0.3) is 0 Å². The normalized spacial score (nSPS) is 11.8. The molecule has 16 heavy (non-hydrogen) atoms. The summed E-state index contributed by atoms with van der Waals surface area (Å²) in [7, 11) is 0. The van der Waals surface area contributed by atoms with E-state index in [-0.39, 0.29) is 12.7 Å². The van der Waals surface area contributed by atoms with Gasteiger partial charge in [-0.15, -0.1) is 0 Å². The number of ether oxygens (including phenoxy) is 3. The fourth-order valence-electron chi connectivity index (χ4n) is 0.852. The van der Waals surface area contributed by atoms with Gasteiger partial charge in [-0.05, 0) is 13.8 Å². The van der Waals surface area contributed by atoms with Crippen molar-refractivity contribution in [3.8, 4) is 0 Å². The third kappa shape index (κ3) is 6.80.